The Morgan fingerprint density at radius 1 is 1.50 bits per heavy atom. The van der Waals surface area contributed by atoms with Gasteiger partial charge in [0.1, 0.15) is 0 Å². The maximum atomic E-state index is 8.73. The van der Waals surface area contributed by atoms with E-state index in [0.29, 0.717) is 5.92 Å². The Hall–Kier alpha value is 0.250. The van der Waals surface area contributed by atoms with Crippen molar-refractivity contribution in [2.24, 2.45) is 11.3 Å². The third-order valence-corrected chi connectivity index (χ3v) is 4.19. The van der Waals surface area contributed by atoms with Gasteiger partial charge in [0.25, 0.3) is 0 Å². The number of halogens is 1. The highest BCUT2D eigenvalue weighted by Gasteiger charge is 2.66. The lowest BCUT2D eigenvalue weighted by Crippen LogP contribution is -2.08. The molecule has 0 saturated heterocycles. The van der Waals surface area contributed by atoms with E-state index < -0.39 is 0 Å². The first-order valence-electron chi connectivity index (χ1n) is 3.76. The van der Waals surface area contributed by atoms with Gasteiger partial charge in [0.05, 0.1) is 4.87 Å². The van der Waals surface area contributed by atoms with Crippen LogP contribution >= 0.6 is 11.6 Å². The van der Waals surface area contributed by atoms with Gasteiger partial charge in [0, 0.05) is 6.61 Å². The molecule has 10 heavy (non-hydrogen) atoms. The number of hydrogen-bond acceptors (Lipinski definition) is 1. The van der Waals surface area contributed by atoms with Crippen molar-refractivity contribution >= 4 is 11.6 Å². The van der Waals surface area contributed by atoms with E-state index in [9.17, 15) is 0 Å². The van der Waals surface area contributed by atoms with Crippen molar-refractivity contribution in [1.29, 1.82) is 0 Å². The van der Waals surface area contributed by atoms with Crippen LogP contribution in [0, 0.1) is 11.3 Å². The molecule has 0 amide bonds. The van der Waals surface area contributed by atoms with Gasteiger partial charge in [0.2, 0.25) is 0 Å². The average molecular weight is 163 g/mol. The smallest absolute Gasteiger partial charge is 0.0507 e. The molecule has 1 saturated carbocycles. The summed E-state index contributed by atoms with van der Waals surface area (Å²) >= 11 is 6.17. The first-order valence-corrected chi connectivity index (χ1v) is 4.14. The van der Waals surface area contributed by atoms with Gasteiger partial charge in [-0.1, -0.05) is 13.8 Å². The Labute approximate surface area is 67.4 Å². The summed E-state index contributed by atoms with van der Waals surface area (Å²) in [5.74, 6) is 0.536. The fourth-order valence-electron chi connectivity index (χ4n) is 1.78. The van der Waals surface area contributed by atoms with E-state index in [1.165, 1.54) is 0 Å². The van der Waals surface area contributed by atoms with E-state index in [1.807, 2.05) is 0 Å². The zero-order chi connectivity index (χ0) is 7.99. The second kappa shape index (κ2) is 2.12. The van der Waals surface area contributed by atoms with Crippen LogP contribution in [0.4, 0.5) is 0 Å². The van der Waals surface area contributed by atoms with E-state index >= 15 is 0 Å². The highest BCUT2D eigenvalue weighted by molar-refractivity contribution is 6.26. The summed E-state index contributed by atoms with van der Waals surface area (Å²) < 4.78 is 0. The number of aliphatic hydroxyl groups excluding tert-OH is 1. The topological polar surface area (TPSA) is 20.2 Å². The lowest BCUT2D eigenvalue weighted by molar-refractivity contribution is 0.246. The molecular formula is C8H15ClO. The molecule has 1 fully saturated rings. The zero-order valence-corrected chi connectivity index (χ0v) is 7.57. The minimum Gasteiger partial charge on any atom is -0.396 e. The van der Waals surface area contributed by atoms with Crippen molar-refractivity contribution in [2.45, 2.75) is 32.1 Å². The third kappa shape index (κ3) is 0.802. The van der Waals surface area contributed by atoms with Crippen molar-refractivity contribution in [3.05, 3.63) is 0 Å². The van der Waals surface area contributed by atoms with Crippen LogP contribution in [0.15, 0.2) is 0 Å². The van der Waals surface area contributed by atoms with E-state index in [4.69, 9.17) is 16.7 Å². The highest BCUT2D eigenvalue weighted by Crippen LogP contribution is 2.67. The molecule has 3 atom stereocenters. The van der Waals surface area contributed by atoms with E-state index in [1.54, 1.807) is 0 Å². The molecule has 0 radical (unpaired) electrons. The summed E-state index contributed by atoms with van der Waals surface area (Å²) in [5, 5.41) is 8.73. The minimum atomic E-state index is -0.0737. The highest BCUT2D eigenvalue weighted by atomic mass is 35.5. The van der Waals surface area contributed by atoms with E-state index in [-0.39, 0.29) is 16.9 Å². The molecule has 0 spiro atoms. The Morgan fingerprint density at radius 2 is 1.90 bits per heavy atom. The number of aliphatic hydroxyl groups is 1. The molecule has 0 aromatic rings. The van der Waals surface area contributed by atoms with Gasteiger partial charge in [-0.3, -0.25) is 0 Å². The molecule has 1 N–H and O–H groups in total. The summed E-state index contributed by atoms with van der Waals surface area (Å²) in [6.07, 6.45) is 0.828. The SMILES string of the molecule is CC1C(C)(Cl)C1(C)CCO. The maximum Gasteiger partial charge on any atom is 0.0507 e. The third-order valence-electron chi connectivity index (χ3n) is 3.43. The lowest BCUT2D eigenvalue weighted by Gasteiger charge is -2.09. The van der Waals surface area contributed by atoms with Crippen LogP contribution in [0.2, 0.25) is 0 Å². The molecule has 60 valence electrons. The van der Waals surface area contributed by atoms with Crippen molar-refractivity contribution in [3.63, 3.8) is 0 Å². The predicted octanol–water partition coefficient (Wildman–Crippen LogP) is 2.02. The molecule has 1 aliphatic rings. The van der Waals surface area contributed by atoms with Crippen LogP contribution in [0.25, 0.3) is 0 Å². The number of alkyl halides is 1. The van der Waals surface area contributed by atoms with Gasteiger partial charge in [0.15, 0.2) is 0 Å². The van der Waals surface area contributed by atoms with Crippen LogP contribution in [-0.2, 0) is 0 Å². The van der Waals surface area contributed by atoms with E-state index in [2.05, 4.69) is 20.8 Å². The van der Waals surface area contributed by atoms with Gasteiger partial charge in [-0.25, -0.2) is 0 Å². The Morgan fingerprint density at radius 3 is 2.00 bits per heavy atom. The predicted molar refractivity (Wildman–Crippen MR) is 43.2 cm³/mol. The van der Waals surface area contributed by atoms with E-state index in [0.717, 1.165) is 6.42 Å². The van der Waals surface area contributed by atoms with Crippen LogP contribution in [0.3, 0.4) is 0 Å². The van der Waals surface area contributed by atoms with Gasteiger partial charge in [-0.05, 0) is 24.7 Å². The fraction of sp³-hybridized carbons (Fsp3) is 1.00. The summed E-state index contributed by atoms with van der Waals surface area (Å²) in [5.41, 5.74) is 0.170. The molecular weight excluding hydrogens is 148 g/mol. The second-order valence-electron chi connectivity index (χ2n) is 3.69. The molecule has 1 nitrogen and oxygen atoms in total. The van der Waals surface area contributed by atoms with Crippen LogP contribution < -0.4 is 0 Å². The molecule has 1 aliphatic carbocycles. The zero-order valence-electron chi connectivity index (χ0n) is 6.82. The lowest BCUT2D eigenvalue weighted by atomic mass is 10.0. The van der Waals surface area contributed by atoms with Crippen LogP contribution in [0.5, 0.6) is 0 Å². The number of hydrogen-bond donors (Lipinski definition) is 1. The quantitative estimate of drug-likeness (QED) is 0.616. The van der Waals surface area contributed by atoms with Crippen LogP contribution in [-0.4, -0.2) is 16.6 Å². The Bertz CT molecular complexity index is 144. The van der Waals surface area contributed by atoms with Gasteiger partial charge >= 0.3 is 0 Å². The first kappa shape index (κ1) is 8.35. The summed E-state index contributed by atoms with van der Waals surface area (Å²) in [6, 6.07) is 0. The standard InChI is InChI=1S/C8H15ClO/c1-6-7(2,4-5-10)8(6,3)9/h6,10H,4-5H2,1-3H3. The monoisotopic (exact) mass is 162 g/mol. The second-order valence-corrected chi connectivity index (χ2v) is 4.47. The van der Waals surface area contributed by atoms with Crippen LogP contribution in [0.1, 0.15) is 27.2 Å². The maximum absolute atomic E-state index is 8.73. The van der Waals surface area contributed by atoms with Gasteiger partial charge in [-0.2, -0.15) is 0 Å². The average Bonchev–Trinajstić information content (AvgIpc) is 2.17. The van der Waals surface area contributed by atoms with Crippen molar-refractivity contribution < 1.29 is 5.11 Å². The summed E-state index contributed by atoms with van der Waals surface area (Å²) in [7, 11) is 0. The summed E-state index contributed by atoms with van der Waals surface area (Å²) in [6.45, 7) is 6.58. The van der Waals surface area contributed by atoms with Gasteiger partial charge in [-0.15, -0.1) is 11.6 Å². The van der Waals surface area contributed by atoms with Crippen molar-refractivity contribution in [2.75, 3.05) is 6.61 Å². The molecule has 0 heterocycles. The molecule has 3 unspecified atom stereocenters. The first-order chi connectivity index (χ1) is 4.47. The van der Waals surface area contributed by atoms with Crippen molar-refractivity contribution in [3.8, 4) is 0 Å². The van der Waals surface area contributed by atoms with Gasteiger partial charge < -0.3 is 5.11 Å². The molecule has 0 aromatic heterocycles. The minimum absolute atomic E-state index is 0.0737. The Balaban J connectivity index is 2.59. The molecule has 0 aliphatic heterocycles. The molecule has 1 rings (SSSR count). The fourth-order valence-corrected chi connectivity index (χ4v) is 2.23. The normalized spacial score (nSPS) is 53.1. The Kier molecular flexibility index (Phi) is 1.77. The summed E-state index contributed by atoms with van der Waals surface area (Å²) in [4.78, 5) is -0.0737. The van der Waals surface area contributed by atoms with Crippen molar-refractivity contribution in [1.82, 2.24) is 0 Å². The molecule has 0 bridgehead atoms. The number of rotatable bonds is 2. The molecule has 0 aromatic carbocycles. The molecule has 2 heteroatoms. The largest absolute Gasteiger partial charge is 0.396 e.